The first-order valence-electron chi connectivity index (χ1n) is 5.59. The van der Waals surface area contributed by atoms with Crippen molar-refractivity contribution in [3.8, 4) is 0 Å². The molecule has 0 aliphatic carbocycles. The highest BCUT2D eigenvalue weighted by atomic mass is 35.5. The molecule has 0 bridgehead atoms. The van der Waals surface area contributed by atoms with E-state index in [4.69, 9.17) is 11.6 Å². The van der Waals surface area contributed by atoms with E-state index in [9.17, 15) is 4.39 Å². The third-order valence-corrected chi connectivity index (χ3v) is 2.46. The molecule has 0 fully saturated rings. The molecule has 0 aliphatic heterocycles. The Morgan fingerprint density at radius 3 is 2.69 bits per heavy atom. The summed E-state index contributed by atoms with van der Waals surface area (Å²) < 4.78 is 13.3. The lowest BCUT2D eigenvalue weighted by Gasteiger charge is -2.07. The fourth-order valence-corrected chi connectivity index (χ4v) is 1.58. The van der Waals surface area contributed by atoms with Gasteiger partial charge in [0.25, 0.3) is 0 Å². The zero-order valence-electron chi connectivity index (χ0n) is 9.52. The molecule has 0 unspecified atom stereocenters. The molecule has 2 nitrogen and oxygen atoms in total. The maximum atomic E-state index is 13.3. The predicted octanol–water partition coefficient (Wildman–Crippen LogP) is 2.57. The van der Waals surface area contributed by atoms with Crippen molar-refractivity contribution in [3.63, 3.8) is 0 Å². The molecule has 2 N–H and O–H groups in total. The van der Waals surface area contributed by atoms with Gasteiger partial charge in [0.15, 0.2) is 0 Å². The fraction of sp³-hybridized carbons (Fsp3) is 0.500. The summed E-state index contributed by atoms with van der Waals surface area (Å²) in [6.45, 7) is 5.39. The molecule has 0 heterocycles. The number of halogens is 2. The van der Waals surface area contributed by atoms with Gasteiger partial charge in [0.2, 0.25) is 0 Å². The van der Waals surface area contributed by atoms with Crippen LogP contribution in [-0.4, -0.2) is 19.6 Å². The zero-order valence-corrected chi connectivity index (χ0v) is 10.3. The van der Waals surface area contributed by atoms with Crippen molar-refractivity contribution in [1.29, 1.82) is 0 Å². The fourth-order valence-electron chi connectivity index (χ4n) is 1.38. The van der Waals surface area contributed by atoms with Crippen LogP contribution >= 0.6 is 11.6 Å². The second-order valence-electron chi connectivity index (χ2n) is 3.66. The molecule has 1 aromatic carbocycles. The van der Waals surface area contributed by atoms with E-state index >= 15 is 0 Å². The van der Waals surface area contributed by atoms with Crippen molar-refractivity contribution in [2.24, 2.45) is 0 Å². The topological polar surface area (TPSA) is 24.1 Å². The highest BCUT2D eigenvalue weighted by Gasteiger charge is 2.01. The van der Waals surface area contributed by atoms with E-state index < -0.39 is 0 Å². The van der Waals surface area contributed by atoms with Gasteiger partial charge in [-0.05, 0) is 31.2 Å². The monoisotopic (exact) mass is 244 g/mol. The third-order valence-electron chi connectivity index (χ3n) is 2.23. The van der Waals surface area contributed by atoms with Crippen molar-refractivity contribution >= 4 is 11.6 Å². The Morgan fingerprint density at radius 2 is 1.94 bits per heavy atom. The highest BCUT2D eigenvalue weighted by molar-refractivity contribution is 6.30. The van der Waals surface area contributed by atoms with Crippen LogP contribution in [0.5, 0.6) is 0 Å². The van der Waals surface area contributed by atoms with Crippen molar-refractivity contribution in [3.05, 3.63) is 34.6 Å². The molecular weight excluding hydrogens is 227 g/mol. The summed E-state index contributed by atoms with van der Waals surface area (Å²) in [5, 5.41) is 7.00. The SMILES string of the molecule is CCCNCCNCc1cc(Cl)ccc1F. The predicted molar refractivity (Wildman–Crippen MR) is 66.3 cm³/mol. The summed E-state index contributed by atoms with van der Waals surface area (Å²) >= 11 is 5.79. The molecule has 0 aliphatic rings. The summed E-state index contributed by atoms with van der Waals surface area (Å²) in [4.78, 5) is 0. The van der Waals surface area contributed by atoms with Gasteiger partial charge in [-0.25, -0.2) is 4.39 Å². The summed E-state index contributed by atoms with van der Waals surface area (Å²) in [5.41, 5.74) is 0.614. The number of benzene rings is 1. The Hall–Kier alpha value is -0.640. The summed E-state index contributed by atoms with van der Waals surface area (Å²) in [5.74, 6) is -0.210. The van der Waals surface area contributed by atoms with Gasteiger partial charge in [0.05, 0.1) is 0 Å². The van der Waals surface area contributed by atoms with Crippen LogP contribution in [-0.2, 0) is 6.54 Å². The molecule has 0 aromatic heterocycles. The van der Waals surface area contributed by atoms with Crippen molar-refractivity contribution in [1.82, 2.24) is 10.6 Å². The van der Waals surface area contributed by atoms with E-state index in [0.717, 1.165) is 26.1 Å². The lowest BCUT2D eigenvalue weighted by atomic mass is 10.2. The maximum Gasteiger partial charge on any atom is 0.127 e. The minimum atomic E-state index is -0.210. The Kier molecular flexibility index (Phi) is 6.38. The minimum absolute atomic E-state index is 0.210. The van der Waals surface area contributed by atoms with Crippen LogP contribution < -0.4 is 10.6 Å². The normalized spacial score (nSPS) is 10.7. The zero-order chi connectivity index (χ0) is 11.8. The van der Waals surface area contributed by atoms with Gasteiger partial charge in [0.1, 0.15) is 5.82 Å². The molecule has 0 spiro atoms. The molecule has 0 amide bonds. The van der Waals surface area contributed by atoms with Crippen LogP contribution in [0.15, 0.2) is 18.2 Å². The highest BCUT2D eigenvalue weighted by Crippen LogP contribution is 2.14. The number of hydrogen-bond donors (Lipinski definition) is 2. The van der Waals surface area contributed by atoms with Crippen molar-refractivity contribution < 1.29 is 4.39 Å². The Balaban J connectivity index is 2.23. The van der Waals surface area contributed by atoms with E-state index in [2.05, 4.69) is 17.6 Å². The second-order valence-corrected chi connectivity index (χ2v) is 4.10. The van der Waals surface area contributed by atoms with Gasteiger partial charge < -0.3 is 10.6 Å². The van der Waals surface area contributed by atoms with E-state index in [0.29, 0.717) is 17.1 Å². The average Bonchev–Trinajstić information content (AvgIpc) is 2.28. The van der Waals surface area contributed by atoms with Gasteiger partial charge in [-0.15, -0.1) is 0 Å². The molecular formula is C12H18ClFN2. The Morgan fingerprint density at radius 1 is 1.19 bits per heavy atom. The van der Waals surface area contributed by atoms with Crippen LogP contribution in [0, 0.1) is 5.82 Å². The average molecular weight is 245 g/mol. The number of hydrogen-bond acceptors (Lipinski definition) is 2. The second kappa shape index (κ2) is 7.60. The van der Waals surface area contributed by atoms with Crippen LogP contribution in [0.1, 0.15) is 18.9 Å². The van der Waals surface area contributed by atoms with E-state index in [-0.39, 0.29) is 5.82 Å². The van der Waals surface area contributed by atoms with Gasteiger partial charge in [-0.2, -0.15) is 0 Å². The van der Waals surface area contributed by atoms with Crippen LogP contribution in [0.2, 0.25) is 5.02 Å². The summed E-state index contributed by atoms with van der Waals surface area (Å²) in [6, 6.07) is 4.61. The molecule has 1 aromatic rings. The van der Waals surface area contributed by atoms with Crippen molar-refractivity contribution in [2.75, 3.05) is 19.6 Å². The van der Waals surface area contributed by atoms with Gasteiger partial charge in [-0.3, -0.25) is 0 Å². The molecule has 4 heteroatoms. The Labute approximate surface area is 101 Å². The van der Waals surface area contributed by atoms with Gasteiger partial charge in [-0.1, -0.05) is 18.5 Å². The lowest BCUT2D eigenvalue weighted by Crippen LogP contribution is -2.27. The summed E-state index contributed by atoms with van der Waals surface area (Å²) in [6.07, 6.45) is 1.13. The van der Waals surface area contributed by atoms with E-state index in [1.165, 1.54) is 6.07 Å². The molecule has 1 rings (SSSR count). The smallest absolute Gasteiger partial charge is 0.127 e. The van der Waals surface area contributed by atoms with Crippen LogP contribution in [0.25, 0.3) is 0 Å². The van der Waals surface area contributed by atoms with Gasteiger partial charge >= 0.3 is 0 Å². The molecule has 0 atom stereocenters. The van der Waals surface area contributed by atoms with Crippen molar-refractivity contribution in [2.45, 2.75) is 19.9 Å². The molecule has 90 valence electrons. The quantitative estimate of drug-likeness (QED) is 0.721. The standard InChI is InChI=1S/C12H18ClFN2/c1-2-5-15-6-7-16-9-10-8-11(13)3-4-12(10)14/h3-4,8,15-16H,2,5-7,9H2,1H3. The summed E-state index contributed by atoms with van der Waals surface area (Å²) in [7, 11) is 0. The lowest BCUT2D eigenvalue weighted by molar-refractivity contribution is 0.572. The largest absolute Gasteiger partial charge is 0.315 e. The molecule has 0 saturated carbocycles. The number of rotatable bonds is 7. The number of nitrogens with one attached hydrogen (secondary N) is 2. The van der Waals surface area contributed by atoms with Crippen LogP contribution in [0.3, 0.4) is 0 Å². The maximum absolute atomic E-state index is 13.3. The van der Waals surface area contributed by atoms with Crippen LogP contribution in [0.4, 0.5) is 4.39 Å². The van der Waals surface area contributed by atoms with E-state index in [1.54, 1.807) is 12.1 Å². The first-order chi connectivity index (χ1) is 7.74. The first-order valence-corrected chi connectivity index (χ1v) is 5.97. The molecule has 16 heavy (non-hydrogen) atoms. The third kappa shape index (κ3) is 4.92. The molecule has 0 saturated heterocycles. The Bertz CT molecular complexity index is 318. The van der Waals surface area contributed by atoms with Gasteiger partial charge in [0, 0.05) is 30.2 Å². The van der Waals surface area contributed by atoms with E-state index in [1.807, 2.05) is 0 Å². The molecule has 0 radical (unpaired) electrons. The first kappa shape index (κ1) is 13.4. The minimum Gasteiger partial charge on any atom is -0.315 e.